The zero-order valence-electron chi connectivity index (χ0n) is 8.36. The van der Waals surface area contributed by atoms with E-state index in [1.165, 1.54) is 6.26 Å². The fraction of sp³-hybridized carbons (Fsp3) is 1.00. The maximum atomic E-state index is 11.4. The van der Waals surface area contributed by atoms with Crippen molar-refractivity contribution in [3.63, 3.8) is 0 Å². The average molecular weight is 205 g/mol. The molecule has 3 unspecified atom stereocenters. The summed E-state index contributed by atoms with van der Waals surface area (Å²) in [6.45, 7) is 2.67. The van der Waals surface area contributed by atoms with E-state index in [1.807, 2.05) is 0 Å². The summed E-state index contributed by atoms with van der Waals surface area (Å²) in [5.74, 6) is 0.810. The van der Waals surface area contributed by atoms with Crippen LogP contribution in [0.1, 0.15) is 26.2 Å². The Kier molecular flexibility index (Phi) is 3.35. The molecule has 0 saturated heterocycles. The zero-order chi connectivity index (χ0) is 10.1. The number of hydrogen-bond donors (Lipinski definition) is 1. The van der Waals surface area contributed by atoms with Gasteiger partial charge in [0.1, 0.15) is 0 Å². The van der Waals surface area contributed by atoms with E-state index < -0.39 is 9.84 Å². The predicted molar refractivity (Wildman–Crippen MR) is 54.2 cm³/mol. The Hall–Kier alpha value is -0.0900. The van der Waals surface area contributed by atoms with Crippen molar-refractivity contribution in [1.29, 1.82) is 0 Å². The smallest absolute Gasteiger partial charge is 0.150 e. The van der Waals surface area contributed by atoms with E-state index in [9.17, 15) is 8.42 Å². The van der Waals surface area contributed by atoms with Gasteiger partial charge in [-0.05, 0) is 37.6 Å². The molecule has 1 aliphatic carbocycles. The van der Waals surface area contributed by atoms with Crippen LogP contribution in [0, 0.1) is 11.8 Å². The number of nitrogens with two attached hydrogens (primary N) is 1. The van der Waals surface area contributed by atoms with Crippen molar-refractivity contribution in [3.05, 3.63) is 0 Å². The second kappa shape index (κ2) is 3.96. The van der Waals surface area contributed by atoms with Crippen LogP contribution in [0.25, 0.3) is 0 Å². The molecule has 3 atom stereocenters. The highest BCUT2D eigenvalue weighted by Crippen LogP contribution is 2.32. The Morgan fingerprint density at radius 2 is 2.00 bits per heavy atom. The Morgan fingerprint density at radius 1 is 1.38 bits per heavy atom. The van der Waals surface area contributed by atoms with Crippen LogP contribution in [0.4, 0.5) is 0 Å². The van der Waals surface area contributed by atoms with Crippen LogP contribution in [-0.2, 0) is 9.84 Å². The third-order valence-electron chi connectivity index (χ3n) is 3.03. The highest BCUT2D eigenvalue weighted by molar-refractivity contribution is 7.91. The molecule has 0 radical (unpaired) electrons. The van der Waals surface area contributed by atoms with Gasteiger partial charge in [-0.15, -0.1) is 0 Å². The molecule has 0 bridgehead atoms. The molecule has 13 heavy (non-hydrogen) atoms. The summed E-state index contributed by atoms with van der Waals surface area (Å²) in [5, 5.41) is -0.186. The molecule has 1 saturated carbocycles. The topological polar surface area (TPSA) is 60.2 Å². The summed E-state index contributed by atoms with van der Waals surface area (Å²) in [6.07, 6.45) is 4.11. The summed E-state index contributed by atoms with van der Waals surface area (Å²) in [6, 6.07) is 0. The molecule has 78 valence electrons. The van der Waals surface area contributed by atoms with Gasteiger partial charge in [0, 0.05) is 6.26 Å². The van der Waals surface area contributed by atoms with E-state index in [0.717, 1.165) is 19.3 Å². The van der Waals surface area contributed by atoms with Crippen LogP contribution in [0.5, 0.6) is 0 Å². The van der Waals surface area contributed by atoms with E-state index in [-0.39, 0.29) is 11.2 Å². The van der Waals surface area contributed by atoms with Gasteiger partial charge >= 0.3 is 0 Å². The molecule has 0 aromatic heterocycles. The Bertz CT molecular complexity index is 261. The van der Waals surface area contributed by atoms with E-state index in [1.54, 1.807) is 0 Å². The van der Waals surface area contributed by atoms with Crippen LogP contribution in [0.15, 0.2) is 0 Å². The lowest BCUT2D eigenvalue weighted by Crippen LogP contribution is -2.38. The monoisotopic (exact) mass is 205 g/mol. The lowest BCUT2D eigenvalue weighted by molar-refractivity contribution is 0.290. The van der Waals surface area contributed by atoms with Gasteiger partial charge in [-0.25, -0.2) is 8.42 Å². The van der Waals surface area contributed by atoms with Gasteiger partial charge in [0.05, 0.1) is 5.25 Å². The van der Waals surface area contributed by atoms with Crippen molar-refractivity contribution in [3.8, 4) is 0 Å². The third-order valence-corrected chi connectivity index (χ3v) is 4.75. The summed E-state index contributed by atoms with van der Waals surface area (Å²) in [5.41, 5.74) is 5.59. The average Bonchev–Trinajstić information content (AvgIpc) is 2.01. The van der Waals surface area contributed by atoms with Crippen molar-refractivity contribution in [2.45, 2.75) is 31.4 Å². The molecule has 1 aliphatic rings. The van der Waals surface area contributed by atoms with Crippen molar-refractivity contribution < 1.29 is 8.42 Å². The van der Waals surface area contributed by atoms with E-state index >= 15 is 0 Å². The van der Waals surface area contributed by atoms with Crippen molar-refractivity contribution in [2.24, 2.45) is 17.6 Å². The molecule has 2 N–H and O–H groups in total. The summed E-state index contributed by atoms with van der Waals surface area (Å²) >= 11 is 0. The Labute approximate surface area is 80.6 Å². The Balaban J connectivity index is 2.74. The minimum absolute atomic E-state index is 0.179. The lowest BCUT2D eigenvalue weighted by Gasteiger charge is -2.32. The van der Waals surface area contributed by atoms with Gasteiger partial charge in [-0.3, -0.25) is 0 Å². The normalized spacial score (nSPS) is 36.1. The third kappa shape index (κ3) is 2.68. The standard InChI is InChI=1S/C9H19NO2S/c1-7-3-4-9(13(2,11)12)8(5-7)6-10/h7-9H,3-6,10H2,1-2H3. The van der Waals surface area contributed by atoms with Gasteiger partial charge in [0.2, 0.25) is 0 Å². The summed E-state index contributed by atoms with van der Waals surface area (Å²) in [7, 11) is -2.89. The summed E-state index contributed by atoms with van der Waals surface area (Å²) in [4.78, 5) is 0. The quantitative estimate of drug-likeness (QED) is 0.725. The number of rotatable bonds is 2. The van der Waals surface area contributed by atoms with Gasteiger partial charge in [0.25, 0.3) is 0 Å². The van der Waals surface area contributed by atoms with Crippen molar-refractivity contribution >= 4 is 9.84 Å². The molecule has 3 nitrogen and oxygen atoms in total. The van der Waals surface area contributed by atoms with E-state index in [2.05, 4.69) is 6.92 Å². The van der Waals surface area contributed by atoms with Gasteiger partial charge in [-0.2, -0.15) is 0 Å². The molecule has 0 amide bonds. The van der Waals surface area contributed by atoms with Crippen LogP contribution >= 0.6 is 0 Å². The van der Waals surface area contributed by atoms with Crippen molar-refractivity contribution in [1.82, 2.24) is 0 Å². The van der Waals surface area contributed by atoms with Gasteiger partial charge in [0.15, 0.2) is 9.84 Å². The van der Waals surface area contributed by atoms with E-state index in [0.29, 0.717) is 12.5 Å². The second-order valence-corrected chi connectivity index (χ2v) is 6.55. The molecule has 0 aliphatic heterocycles. The largest absolute Gasteiger partial charge is 0.330 e. The van der Waals surface area contributed by atoms with Gasteiger partial charge < -0.3 is 5.73 Å². The first kappa shape index (κ1) is 11.0. The SMILES string of the molecule is CC1CCC(S(C)(=O)=O)C(CN)C1. The fourth-order valence-corrected chi connectivity index (χ4v) is 3.77. The molecule has 1 fully saturated rings. The zero-order valence-corrected chi connectivity index (χ0v) is 9.18. The fourth-order valence-electron chi connectivity index (χ4n) is 2.28. The number of sulfone groups is 1. The molecule has 0 heterocycles. The molecule has 1 rings (SSSR count). The minimum atomic E-state index is -2.89. The number of hydrogen-bond acceptors (Lipinski definition) is 3. The van der Waals surface area contributed by atoms with Crippen molar-refractivity contribution in [2.75, 3.05) is 12.8 Å². The first-order valence-corrected chi connectivity index (χ1v) is 6.79. The molecule has 0 spiro atoms. The van der Waals surface area contributed by atoms with Crippen LogP contribution in [0.2, 0.25) is 0 Å². The lowest BCUT2D eigenvalue weighted by atomic mass is 9.82. The summed E-state index contributed by atoms with van der Waals surface area (Å²) < 4.78 is 22.8. The highest BCUT2D eigenvalue weighted by Gasteiger charge is 2.34. The minimum Gasteiger partial charge on any atom is -0.330 e. The Morgan fingerprint density at radius 3 is 2.46 bits per heavy atom. The van der Waals surface area contributed by atoms with Crippen LogP contribution in [0.3, 0.4) is 0 Å². The predicted octanol–water partition coefficient (Wildman–Crippen LogP) is 0.795. The molecule has 0 aromatic rings. The van der Waals surface area contributed by atoms with Gasteiger partial charge in [-0.1, -0.05) is 6.92 Å². The maximum absolute atomic E-state index is 11.4. The molecule has 0 aromatic carbocycles. The molecular weight excluding hydrogens is 186 g/mol. The van der Waals surface area contributed by atoms with Crippen LogP contribution < -0.4 is 5.73 Å². The molecular formula is C9H19NO2S. The second-order valence-electron chi connectivity index (χ2n) is 4.28. The first-order chi connectivity index (χ1) is 5.95. The first-order valence-electron chi connectivity index (χ1n) is 4.84. The van der Waals surface area contributed by atoms with E-state index in [4.69, 9.17) is 5.73 Å². The molecule has 4 heteroatoms. The van der Waals surface area contributed by atoms with Crippen LogP contribution in [-0.4, -0.2) is 26.5 Å². The highest BCUT2D eigenvalue weighted by atomic mass is 32.2. The maximum Gasteiger partial charge on any atom is 0.150 e.